The van der Waals surface area contributed by atoms with Gasteiger partial charge in [0.25, 0.3) is 0 Å². The van der Waals surface area contributed by atoms with Crippen molar-refractivity contribution in [2.24, 2.45) is 11.8 Å². The molecule has 2 fully saturated rings. The molecule has 0 unspecified atom stereocenters. The predicted octanol–water partition coefficient (Wildman–Crippen LogP) is 5.02. The van der Waals surface area contributed by atoms with Crippen LogP contribution in [0.25, 0.3) is 0 Å². The van der Waals surface area contributed by atoms with Crippen molar-refractivity contribution >= 4 is 11.9 Å². The number of carbonyl (C=O) groups excluding carboxylic acids is 2. The minimum absolute atomic E-state index is 0.178. The monoisotopic (exact) mass is 386 g/mol. The van der Waals surface area contributed by atoms with Gasteiger partial charge in [-0.3, -0.25) is 9.59 Å². The minimum atomic E-state index is -0.178. The zero-order chi connectivity index (χ0) is 19.6. The van der Waals surface area contributed by atoms with Gasteiger partial charge in [-0.2, -0.15) is 0 Å². The van der Waals surface area contributed by atoms with Crippen molar-refractivity contribution in [3.63, 3.8) is 0 Å². The van der Waals surface area contributed by atoms with Gasteiger partial charge in [0.15, 0.2) is 0 Å². The van der Waals surface area contributed by atoms with E-state index in [1.165, 1.54) is 64.2 Å². The highest BCUT2D eigenvalue weighted by molar-refractivity contribution is 5.74. The first-order valence-electron chi connectivity index (χ1n) is 11.1. The second-order valence-electron chi connectivity index (χ2n) is 8.55. The number of esters is 2. The molecule has 0 atom stereocenters. The van der Waals surface area contributed by atoms with Crippen molar-refractivity contribution in [3.8, 4) is 0 Å². The summed E-state index contributed by atoms with van der Waals surface area (Å²) in [5, 5.41) is 0. The van der Waals surface area contributed by atoms with Crippen LogP contribution in [0, 0.1) is 11.8 Å². The van der Waals surface area contributed by atoms with E-state index in [2.05, 4.69) is 0 Å². The summed E-state index contributed by atoms with van der Waals surface area (Å²) in [4.78, 5) is 24.3. The van der Waals surface area contributed by atoms with Gasteiger partial charge < -0.3 is 9.47 Å². The second-order valence-corrected chi connectivity index (χ2v) is 8.55. The summed E-state index contributed by atoms with van der Waals surface area (Å²) in [5.74, 6) is 0.705. The Bertz CT molecular complexity index is 576. The number of carbonyl (C=O) groups is 2. The summed E-state index contributed by atoms with van der Waals surface area (Å²) in [5.41, 5.74) is 1.79. The lowest BCUT2D eigenvalue weighted by Gasteiger charge is -2.21. The molecule has 2 aliphatic carbocycles. The Hall–Kier alpha value is -1.84. The van der Waals surface area contributed by atoms with Crippen LogP contribution in [0.3, 0.4) is 0 Å². The zero-order valence-electron chi connectivity index (χ0n) is 17.0. The Morgan fingerprint density at radius 3 is 1.57 bits per heavy atom. The largest absolute Gasteiger partial charge is 0.465 e. The van der Waals surface area contributed by atoms with Crippen molar-refractivity contribution < 1.29 is 19.1 Å². The molecule has 3 rings (SSSR count). The summed E-state index contributed by atoms with van der Waals surface area (Å²) in [6, 6.07) is 7.65. The van der Waals surface area contributed by atoms with Gasteiger partial charge in [-0.25, -0.2) is 0 Å². The number of rotatable bonds is 8. The summed E-state index contributed by atoms with van der Waals surface area (Å²) >= 11 is 0. The van der Waals surface area contributed by atoms with Gasteiger partial charge in [0, 0.05) is 0 Å². The molecule has 0 spiro atoms. The highest BCUT2D eigenvalue weighted by atomic mass is 16.5. The number of hydrogen-bond donors (Lipinski definition) is 0. The lowest BCUT2D eigenvalue weighted by molar-refractivity contribution is -0.145. The molecule has 0 aliphatic heterocycles. The van der Waals surface area contributed by atoms with Crippen LogP contribution in [-0.2, 0) is 31.9 Å². The molecule has 4 nitrogen and oxygen atoms in total. The van der Waals surface area contributed by atoms with E-state index in [-0.39, 0.29) is 24.8 Å². The molecule has 2 aliphatic rings. The molecule has 0 heterocycles. The molecular formula is C24H34O4. The summed E-state index contributed by atoms with van der Waals surface area (Å²) in [6.45, 7) is 1.10. The zero-order valence-corrected chi connectivity index (χ0v) is 17.0. The lowest BCUT2D eigenvalue weighted by Crippen LogP contribution is -2.18. The highest BCUT2D eigenvalue weighted by Gasteiger charge is 2.17. The molecule has 0 saturated heterocycles. The van der Waals surface area contributed by atoms with E-state index < -0.39 is 0 Å². The summed E-state index contributed by atoms with van der Waals surface area (Å²) in [7, 11) is 0. The topological polar surface area (TPSA) is 52.6 Å². The number of hydrogen-bond acceptors (Lipinski definition) is 4. The van der Waals surface area contributed by atoms with E-state index in [0.29, 0.717) is 25.0 Å². The smallest absolute Gasteiger partial charge is 0.310 e. The average Bonchev–Trinajstić information content (AvgIpc) is 2.72. The third kappa shape index (κ3) is 7.29. The molecule has 0 bridgehead atoms. The quantitative estimate of drug-likeness (QED) is 0.589. The van der Waals surface area contributed by atoms with Gasteiger partial charge >= 0.3 is 11.9 Å². The van der Waals surface area contributed by atoms with Crippen LogP contribution in [0.4, 0.5) is 0 Å². The van der Waals surface area contributed by atoms with E-state index in [4.69, 9.17) is 9.47 Å². The van der Waals surface area contributed by atoms with Crippen molar-refractivity contribution in [3.05, 3.63) is 35.4 Å². The van der Waals surface area contributed by atoms with Gasteiger partial charge in [0.1, 0.15) is 0 Å². The van der Waals surface area contributed by atoms with E-state index in [9.17, 15) is 9.59 Å². The number of ether oxygens (including phenoxy) is 2. The fraction of sp³-hybridized carbons (Fsp3) is 0.667. The first kappa shape index (κ1) is 20.9. The Morgan fingerprint density at radius 1 is 0.714 bits per heavy atom. The fourth-order valence-electron chi connectivity index (χ4n) is 4.41. The number of benzene rings is 1. The average molecular weight is 387 g/mol. The standard InChI is InChI=1S/C24H34O4/c25-23(27-17-19-8-3-1-4-9-19)15-21-12-7-13-22(14-21)16-24(26)28-18-20-10-5-2-6-11-20/h7,12-14,19-20H,1-6,8-11,15-18H2. The first-order chi connectivity index (χ1) is 13.7. The predicted molar refractivity (Wildman–Crippen MR) is 109 cm³/mol. The molecule has 0 radical (unpaired) electrons. The van der Waals surface area contributed by atoms with Crippen LogP contribution in [0.2, 0.25) is 0 Å². The third-order valence-corrected chi connectivity index (χ3v) is 6.10. The summed E-state index contributed by atoms with van der Waals surface area (Å²) in [6.07, 6.45) is 12.8. The van der Waals surface area contributed by atoms with Gasteiger partial charge in [0.2, 0.25) is 0 Å². The van der Waals surface area contributed by atoms with E-state index in [1.54, 1.807) is 0 Å². The molecule has 154 valence electrons. The molecule has 0 amide bonds. The van der Waals surface area contributed by atoms with Gasteiger partial charge in [-0.15, -0.1) is 0 Å². The maximum Gasteiger partial charge on any atom is 0.310 e. The van der Waals surface area contributed by atoms with E-state index in [1.807, 2.05) is 24.3 Å². The first-order valence-corrected chi connectivity index (χ1v) is 11.1. The SMILES string of the molecule is O=C(Cc1cccc(CC(=O)OCC2CCCCC2)c1)OCC1CCCCC1. The molecule has 0 N–H and O–H groups in total. The van der Waals surface area contributed by atoms with Gasteiger partial charge in [-0.1, -0.05) is 62.8 Å². The lowest BCUT2D eigenvalue weighted by atomic mass is 9.90. The van der Waals surface area contributed by atoms with Crippen LogP contribution in [0.5, 0.6) is 0 Å². The Balaban J connectivity index is 1.39. The third-order valence-electron chi connectivity index (χ3n) is 6.10. The van der Waals surface area contributed by atoms with Crippen LogP contribution in [0.15, 0.2) is 24.3 Å². The molecular weight excluding hydrogens is 352 g/mol. The minimum Gasteiger partial charge on any atom is -0.465 e. The second kappa shape index (κ2) is 11.2. The molecule has 28 heavy (non-hydrogen) atoms. The highest BCUT2D eigenvalue weighted by Crippen LogP contribution is 2.24. The van der Waals surface area contributed by atoms with Crippen LogP contribution >= 0.6 is 0 Å². The Morgan fingerprint density at radius 2 is 1.14 bits per heavy atom. The Kier molecular flexibility index (Phi) is 8.38. The normalized spacial score (nSPS) is 18.6. The van der Waals surface area contributed by atoms with Crippen LogP contribution in [0.1, 0.15) is 75.3 Å². The van der Waals surface area contributed by atoms with E-state index >= 15 is 0 Å². The van der Waals surface area contributed by atoms with Crippen molar-refractivity contribution in [1.29, 1.82) is 0 Å². The molecule has 2 saturated carbocycles. The Labute approximate surface area is 169 Å². The molecule has 1 aromatic carbocycles. The summed E-state index contributed by atoms with van der Waals surface area (Å²) < 4.78 is 11.0. The molecule has 1 aromatic rings. The van der Waals surface area contributed by atoms with Gasteiger partial charge in [-0.05, 0) is 48.6 Å². The van der Waals surface area contributed by atoms with Crippen molar-refractivity contribution in [2.75, 3.05) is 13.2 Å². The maximum absolute atomic E-state index is 12.2. The van der Waals surface area contributed by atoms with Crippen molar-refractivity contribution in [2.45, 2.75) is 77.0 Å². The van der Waals surface area contributed by atoms with Gasteiger partial charge in [0.05, 0.1) is 26.1 Å². The van der Waals surface area contributed by atoms with E-state index in [0.717, 1.165) is 11.1 Å². The molecule has 4 heteroatoms. The fourth-order valence-corrected chi connectivity index (χ4v) is 4.41. The van der Waals surface area contributed by atoms with Crippen molar-refractivity contribution in [1.82, 2.24) is 0 Å². The van der Waals surface area contributed by atoms with Crippen LogP contribution < -0.4 is 0 Å². The molecule has 0 aromatic heterocycles. The van der Waals surface area contributed by atoms with Crippen LogP contribution in [-0.4, -0.2) is 25.2 Å². The maximum atomic E-state index is 12.2.